The standard InChI is InChI=1S/C16H16N2O4S2/c19-15(6-9-17-16(20)14-7-10-23-12-14)18-24(21,22)11-8-13-4-2-1-3-5-13/h1-5,7-8,10-12H,6,9H2,(H,17,20)(H,18,19)/b11-8+. The van der Waals surface area contributed by atoms with Gasteiger partial charge in [-0.3, -0.25) is 9.59 Å². The van der Waals surface area contributed by atoms with E-state index in [1.165, 1.54) is 17.4 Å². The van der Waals surface area contributed by atoms with Crippen molar-refractivity contribution < 1.29 is 18.0 Å². The summed E-state index contributed by atoms with van der Waals surface area (Å²) in [6.07, 6.45) is 1.27. The summed E-state index contributed by atoms with van der Waals surface area (Å²) < 4.78 is 25.5. The first kappa shape index (κ1) is 17.9. The molecular weight excluding hydrogens is 348 g/mol. The van der Waals surface area contributed by atoms with Gasteiger partial charge in [0.2, 0.25) is 5.91 Å². The molecule has 24 heavy (non-hydrogen) atoms. The summed E-state index contributed by atoms with van der Waals surface area (Å²) in [4.78, 5) is 23.3. The number of rotatable bonds is 7. The van der Waals surface area contributed by atoms with Crippen molar-refractivity contribution >= 4 is 39.3 Å². The van der Waals surface area contributed by atoms with Gasteiger partial charge in [0, 0.05) is 23.9 Å². The van der Waals surface area contributed by atoms with Crippen LogP contribution in [0.3, 0.4) is 0 Å². The van der Waals surface area contributed by atoms with Crippen LogP contribution >= 0.6 is 11.3 Å². The maximum atomic E-state index is 11.8. The van der Waals surface area contributed by atoms with Crippen LogP contribution in [0.25, 0.3) is 6.08 Å². The molecule has 0 fully saturated rings. The van der Waals surface area contributed by atoms with E-state index in [0.717, 1.165) is 5.41 Å². The molecule has 0 saturated heterocycles. The largest absolute Gasteiger partial charge is 0.351 e. The average molecular weight is 364 g/mol. The minimum atomic E-state index is -3.86. The van der Waals surface area contributed by atoms with Crippen LogP contribution in [0.15, 0.2) is 52.6 Å². The van der Waals surface area contributed by atoms with Crippen molar-refractivity contribution in [3.05, 3.63) is 63.7 Å². The number of nitrogens with one attached hydrogen (secondary N) is 2. The van der Waals surface area contributed by atoms with E-state index in [-0.39, 0.29) is 18.9 Å². The molecule has 126 valence electrons. The fourth-order valence-corrected chi connectivity index (χ4v) is 3.22. The third kappa shape index (κ3) is 5.98. The van der Waals surface area contributed by atoms with Crippen molar-refractivity contribution in [2.75, 3.05) is 6.54 Å². The van der Waals surface area contributed by atoms with Crippen LogP contribution < -0.4 is 10.0 Å². The van der Waals surface area contributed by atoms with Crippen molar-refractivity contribution in [3.8, 4) is 0 Å². The van der Waals surface area contributed by atoms with Crippen molar-refractivity contribution in [1.29, 1.82) is 0 Å². The van der Waals surface area contributed by atoms with Gasteiger partial charge in [-0.25, -0.2) is 13.1 Å². The van der Waals surface area contributed by atoms with Gasteiger partial charge in [0.1, 0.15) is 0 Å². The number of benzene rings is 1. The van der Waals surface area contributed by atoms with Gasteiger partial charge < -0.3 is 5.32 Å². The zero-order valence-corrected chi connectivity index (χ0v) is 14.3. The molecule has 0 aliphatic rings. The Morgan fingerprint density at radius 2 is 1.88 bits per heavy atom. The average Bonchev–Trinajstić information content (AvgIpc) is 3.08. The number of sulfonamides is 1. The molecule has 0 unspecified atom stereocenters. The van der Waals surface area contributed by atoms with E-state index >= 15 is 0 Å². The molecule has 2 aromatic rings. The van der Waals surface area contributed by atoms with Gasteiger partial charge in [-0.05, 0) is 23.1 Å². The maximum absolute atomic E-state index is 11.8. The number of amides is 2. The normalized spacial score (nSPS) is 11.3. The van der Waals surface area contributed by atoms with E-state index in [1.54, 1.807) is 41.1 Å². The molecule has 8 heteroatoms. The lowest BCUT2D eigenvalue weighted by Gasteiger charge is -2.05. The van der Waals surface area contributed by atoms with Crippen LogP contribution in [0.5, 0.6) is 0 Å². The highest BCUT2D eigenvalue weighted by Gasteiger charge is 2.12. The second-order valence-corrected chi connectivity index (χ2v) is 7.15. The molecule has 6 nitrogen and oxygen atoms in total. The molecule has 0 atom stereocenters. The number of hydrogen-bond donors (Lipinski definition) is 2. The third-order valence-electron chi connectivity index (χ3n) is 2.92. The Bertz CT molecular complexity index is 813. The fourth-order valence-electron chi connectivity index (χ4n) is 1.76. The highest BCUT2D eigenvalue weighted by Crippen LogP contribution is 2.05. The maximum Gasteiger partial charge on any atom is 0.257 e. The molecule has 0 aliphatic heterocycles. The molecule has 1 heterocycles. The van der Waals surface area contributed by atoms with Crippen molar-refractivity contribution in [2.45, 2.75) is 6.42 Å². The predicted octanol–water partition coefficient (Wildman–Crippen LogP) is 1.98. The first-order valence-corrected chi connectivity index (χ1v) is 9.54. The van der Waals surface area contributed by atoms with Gasteiger partial charge in [0.25, 0.3) is 15.9 Å². The quantitative estimate of drug-likeness (QED) is 0.786. The molecule has 2 N–H and O–H groups in total. The zero-order valence-electron chi connectivity index (χ0n) is 12.6. The smallest absolute Gasteiger partial charge is 0.257 e. The summed E-state index contributed by atoms with van der Waals surface area (Å²) in [6, 6.07) is 10.5. The zero-order chi connectivity index (χ0) is 17.4. The van der Waals surface area contributed by atoms with E-state index < -0.39 is 15.9 Å². The molecule has 2 amide bonds. The van der Waals surface area contributed by atoms with Crippen LogP contribution in [0.4, 0.5) is 0 Å². The molecule has 0 aliphatic carbocycles. The first-order valence-electron chi connectivity index (χ1n) is 7.05. The van der Waals surface area contributed by atoms with Crippen LogP contribution in [-0.4, -0.2) is 26.8 Å². The molecule has 0 spiro atoms. The second-order valence-electron chi connectivity index (χ2n) is 4.80. The number of thiophene rings is 1. The van der Waals surface area contributed by atoms with Crippen molar-refractivity contribution in [3.63, 3.8) is 0 Å². The minimum Gasteiger partial charge on any atom is -0.351 e. The Labute approximate surface area is 144 Å². The molecule has 0 bridgehead atoms. The Morgan fingerprint density at radius 1 is 1.12 bits per heavy atom. The lowest BCUT2D eigenvalue weighted by atomic mass is 10.2. The van der Waals surface area contributed by atoms with Gasteiger partial charge in [-0.2, -0.15) is 11.3 Å². The Hall–Kier alpha value is -2.45. The number of carbonyl (C=O) groups is 2. The fraction of sp³-hybridized carbons (Fsp3) is 0.125. The predicted molar refractivity (Wildman–Crippen MR) is 93.8 cm³/mol. The van der Waals surface area contributed by atoms with E-state index in [2.05, 4.69) is 5.32 Å². The summed E-state index contributed by atoms with van der Waals surface area (Å²) in [6.45, 7) is 0.0540. The summed E-state index contributed by atoms with van der Waals surface area (Å²) in [5, 5.41) is 6.95. The molecule has 2 rings (SSSR count). The van der Waals surface area contributed by atoms with E-state index in [4.69, 9.17) is 0 Å². The molecule has 0 radical (unpaired) electrons. The van der Waals surface area contributed by atoms with E-state index in [0.29, 0.717) is 11.1 Å². The molecular formula is C16H16N2O4S2. The highest BCUT2D eigenvalue weighted by atomic mass is 32.2. The number of hydrogen-bond acceptors (Lipinski definition) is 5. The minimum absolute atomic E-state index is 0.0540. The van der Waals surface area contributed by atoms with Crippen LogP contribution in [0.1, 0.15) is 22.3 Å². The van der Waals surface area contributed by atoms with Crippen LogP contribution in [0.2, 0.25) is 0 Å². The Kier molecular flexibility index (Phi) is 6.28. The summed E-state index contributed by atoms with van der Waals surface area (Å²) in [5.74, 6) is -0.978. The topological polar surface area (TPSA) is 92.3 Å². The van der Waals surface area contributed by atoms with Crippen LogP contribution in [0, 0.1) is 0 Å². The summed E-state index contributed by atoms with van der Waals surface area (Å²) in [5.41, 5.74) is 1.22. The van der Waals surface area contributed by atoms with Gasteiger partial charge in [0.05, 0.1) is 5.41 Å². The third-order valence-corrected chi connectivity index (χ3v) is 4.61. The molecule has 1 aromatic heterocycles. The molecule has 0 saturated carbocycles. The second kappa shape index (κ2) is 8.42. The monoisotopic (exact) mass is 364 g/mol. The van der Waals surface area contributed by atoms with Crippen molar-refractivity contribution in [1.82, 2.24) is 10.0 Å². The van der Waals surface area contributed by atoms with Gasteiger partial charge >= 0.3 is 0 Å². The van der Waals surface area contributed by atoms with Crippen LogP contribution in [-0.2, 0) is 14.8 Å². The van der Waals surface area contributed by atoms with Gasteiger partial charge in [-0.15, -0.1) is 0 Å². The molecule has 1 aromatic carbocycles. The lowest BCUT2D eigenvalue weighted by Crippen LogP contribution is -2.33. The van der Waals surface area contributed by atoms with Gasteiger partial charge in [0.15, 0.2) is 0 Å². The van der Waals surface area contributed by atoms with E-state index in [1.807, 2.05) is 10.8 Å². The lowest BCUT2D eigenvalue weighted by molar-refractivity contribution is -0.119. The number of carbonyl (C=O) groups excluding carboxylic acids is 2. The summed E-state index contributed by atoms with van der Waals surface area (Å²) in [7, 11) is -3.86. The highest BCUT2D eigenvalue weighted by molar-refractivity contribution is 7.93. The van der Waals surface area contributed by atoms with Crippen molar-refractivity contribution in [2.24, 2.45) is 0 Å². The Morgan fingerprint density at radius 3 is 2.54 bits per heavy atom. The SMILES string of the molecule is O=C(CCNC(=O)c1ccsc1)NS(=O)(=O)/C=C/c1ccccc1. The van der Waals surface area contributed by atoms with Gasteiger partial charge in [-0.1, -0.05) is 30.3 Å². The van der Waals surface area contributed by atoms with E-state index in [9.17, 15) is 18.0 Å². The summed E-state index contributed by atoms with van der Waals surface area (Å²) >= 11 is 1.39. The first-order chi connectivity index (χ1) is 11.5. The Balaban J connectivity index is 1.78.